The van der Waals surface area contributed by atoms with Crippen LogP contribution in [-0.2, 0) is 9.47 Å². The van der Waals surface area contributed by atoms with Crippen molar-refractivity contribution in [2.24, 2.45) is 0 Å². The summed E-state index contributed by atoms with van der Waals surface area (Å²) in [5.41, 5.74) is -0.697. The van der Waals surface area contributed by atoms with Crippen molar-refractivity contribution < 1.29 is 19.7 Å². The Balaban J connectivity index is 2.72. The lowest BCUT2D eigenvalue weighted by molar-refractivity contribution is -0.263. The van der Waals surface area contributed by atoms with Crippen LogP contribution in [0, 0.1) is 0 Å². The molecule has 1 fully saturated rings. The van der Waals surface area contributed by atoms with Crippen LogP contribution in [0.1, 0.15) is 20.3 Å². The van der Waals surface area contributed by atoms with Gasteiger partial charge >= 0.3 is 0 Å². The van der Waals surface area contributed by atoms with Gasteiger partial charge in [0.1, 0.15) is 6.10 Å². The lowest BCUT2D eigenvalue weighted by Crippen LogP contribution is -2.55. The van der Waals surface area contributed by atoms with Gasteiger partial charge in [-0.3, -0.25) is 0 Å². The Morgan fingerprint density at radius 1 is 1.50 bits per heavy atom. The largest absolute Gasteiger partial charge is 0.387 e. The average Bonchev–Trinajstić information content (AvgIpc) is 2.00. The number of hydrogen-bond acceptors (Lipinski definition) is 4. The molecule has 0 amide bonds. The van der Waals surface area contributed by atoms with Gasteiger partial charge in [-0.25, -0.2) is 0 Å². The number of rotatable bonds is 1. The summed E-state index contributed by atoms with van der Waals surface area (Å²) in [4.78, 5) is 0. The molecule has 0 spiro atoms. The molecular weight excluding hydrogens is 160 g/mol. The van der Waals surface area contributed by atoms with E-state index in [1.54, 1.807) is 13.8 Å². The first kappa shape index (κ1) is 9.92. The molecule has 0 bridgehead atoms. The number of aliphatic hydroxyl groups excluding tert-OH is 2. The molecule has 1 rings (SSSR count). The van der Waals surface area contributed by atoms with Crippen LogP contribution < -0.4 is 0 Å². The number of methoxy groups -OCH3 is 1. The highest BCUT2D eigenvalue weighted by Crippen LogP contribution is 2.30. The van der Waals surface area contributed by atoms with Crippen LogP contribution in [0.5, 0.6) is 0 Å². The van der Waals surface area contributed by atoms with Gasteiger partial charge in [-0.1, -0.05) is 0 Å². The topological polar surface area (TPSA) is 58.9 Å². The first-order valence-electron chi connectivity index (χ1n) is 4.06. The third-order valence-corrected chi connectivity index (χ3v) is 2.49. The van der Waals surface area contributed by atoms with E-state index < -0.39 is 24.1 Å². The Labute approximate surface area is 72.1 Å². The molecule has 4 heteroatoms. The number of aliphatic hydroxyl groups is 2. The summed E-state index contributed by atoms with van der Waals surface area (Å²) < 4.78 is 10.2. The summed E-state index contributed by atoms with van der Waals surface area (Å²) in [6, 6.07) is 0. The van der Waals surface area contributed by atoms with Crippen LogP contribution in [0.25, 0.3) is 0 Å². The second-order valence-corrected chi connectivity index (χ2v) is 3.46. The Hall–Kier alpha value is -0.160. The Morgan fingerprint density at radius 2 is 2.08 bits per heavy atom. The monoisotopic (exact) mass is 176 g/mol. The van der Waals surface area contributed by atoms with Crippen molar-refractivity contribution >= 4 is 0 Å². The van der Waals surface area contributed by atoms with E-state index in [1.807, 2.05) is 0 Å². The number of ether oxygens (including phenoxy) is 2. The van der Waals surface area contributed by atoms with Gasteiger partial charge in [0.05, 0.1) is 11.7 Å². The predicted molar refractivity (Wildman–Crippen MR) is 42.6 cm³/mol. The van der Waals surface area contributed by atoms with Crippen molar-refractivity contribution in [3.8, 4) is 0 Å². The Kier molecular flexibility index (Phi) is 2.73. The summed E-state index contributed by atoms with van der Waals surface area (Å²) in [5, 5.41) is 18.9. The molecule has 0 aromatic rings. The van der Waals surface area contributed by atoms with E-state index in [-0.39, 0.29) is 0 Å². The lowest BCUT2D eigenvalue weighted by Gasteiger charge is -2.42. The highest BCUT2D eigenvalue weighted by atomic mass is 16.6. The molecule has 72 valence electrons. The van der Waals surface area contributed by atoms with Gasteiger partial charge in [0.2, 0.25) is 0 Å². The third-order valence-electron chi connectivity index (χ3n) is 2.49. The molecule has 1 aliphatic rings. The van der Waals surface area contributed by atoms with Crippen molar-refractivity contribution in [1.29, 1.82) is 0 Å². The minimum Gasteiger partial charge on any atom is -0.387 e. The molecule has 1 saturated heterocycles. The zero-order chi connectivity index (χ0) is 9.35. The molecular formula is C8H16O4. The van der Waals surface area contributed by atoms with E-state index >= 15 is 0 Å². The molecule has 0 aromatic heterocycles. The van der Waals surface area contributed by atoms with Crippen molar-refractivity contribution in [3.05, 3.63) is 0 Å². The smallest absolute Gasteiger partial charge is 0.157 e. The fourth-order valence-corrected chi connectivity index (χ4v) is 1.54. The van der Waals surface area contributed by atoms with Crippen molar-refractivity contribution in [1.82, 2.24) is 0 Å². The minimum absolute atomic E-state index is 0.301. The van der Waals surface area contributed by atoms with E-state index in [0.717, 1.165) is 0 Å². The highest BCUT2D eigenvalue weighted by Gasteiger charge is 2.44. The molecule has 2 N–H and O–H groups in total. The normalized spacial score (nSPS) is 49.2. The molecule has 0 saturated carbocycles. The Morgan fingerprint density at radius 3 is 2.58 bits per heavy atom. The van der Waals surface area contributed by atoms with Crippen LogP contribution >= 0.6 is 0 Å². The lowest BCUT2D eigenvalue weighted by atomic mass is 9.89. The van der Waals surface area contributed by atoms with Gasteiger partial charge in [0.25, 0.3) is 0 Å². The maximum Gasteiger partial charge on any atom is 0.157 e. The zero-order valence-electron chi connectivity index (χ0n) is 7.65. The van der Waals surface area contributed by atoms with Gasteiger partial charge in [0.15, 0.2) is 6.29 Å². The van der Waals surface area contributed by atoms with Gasteiger partial charge in [-0.15, -0.1) is 0 Å². The molecule has 0 radical (unpaired) electrons. The first-order chi connectivity index (χ1) is 5.49. The van der Waals surface area contributed by atoms with E-state index in [2.05, 4.69) is 0 Å². The molecule has 0 aromatic carbocycles. The van der Waals surface area contributed by atoms with Crippen LogP contribution in [0.2, 0.25) is 0 Å². The van der Waals surface area contributed by atoms with E-state index in [4.69, 9.17) is 9.47 Å². The van der Waals surface area contributed by atoms with Crippen LogP contribution in [-0.4, -0.2) is 41.4 Å². The summed E-state index contributed by atoms with van der Waals surface area (Å²) >= 11 is 0. The second-order valence-electron chi connectivity index (χ2n) is 3.46. The van der Waals surface area contributed by atoms with E-state index in [1.165, 1.54) is 7.11 Å². The van der Waals surface area contributed by atoms with Crippen molar-refractivity contribution in [3.63, 3.8) is 0 Å². The summed E-state index contributed by atoms with van der Waals surface area (Å²) in [7, 11) is 1.52. The second kappa shape index (κ2) is 3.30. The predicted octanol–water partition coefficient (Wildman–Crippen LogP) is -0.120. The highest BCUT2D eigenvalue weighted by molar-refractivity contribution is 4.91. The molecule has 1 heterocycles. The van der Waals surface area contributed by atoms with Gasteiger partial charge in [-0.2, -0.15) is 0 Å². The number of hydrogen-bond donors (Lipinski definition) is 2. The fraction of sp³-hybridized carbons (Fsp3) is 1.00. The molecule has 1 aliphatic heterocycles. The first-order valence-corrected chi connectivity index (χ1v) is 4.06. The minimum atomic E-state index is -0.839. The van der Waals surface area contributed by atoms with E-state index in [0.29, 0.717) is 6.42 Å². The average molecular weight is 176 g/mol. The van der Waals surface area contributed by atoms with Gasteiger partial charge < -0.3 is 19.7 Å². The summed E-state index contributed by atoms with van der Waals surface area (Å²) in [6.45, 7) is 3.48. The molecule has 4 nitrogen and oxygen atoms in total. The molecule has 0 aliphatic carbocycles. The van der Waals surface area contributed by atoms with Crippen molar-refractivity contribution in [2.75, 3.05) is 7.11 Å². The quantitative estimate of drug-likeness (QED) is 0.584. The standard InChI is InChI=1S/C8H16O4/c1-5-7(10)8(2,11-3)4-6(9)12-5/h5-7,9-10H,4H2,1-3H3/t5?,6?,7-,8+/m1/s1. The molecule has 12 heavy (non-hydrogen) atoms. The maximum atomic E-state index is 9.65. The third kappa shape index (κ3) is 1.61. The maximum absolute atomic E-state index is 9.65. The van der Waals surface area contributed by atoms with Crippen molar-refractivity contribution in [2.45, 2.75) is 44.4 Å². The summed E-state index contributed by atoms with van der Waals surface area (Å²) in [6.07, 6.45) is -1.62. The van der Waals surface area contributed by atoms with Crippen LogP contribution in [0.3, 0.4) is 0 Å². The van der Waals surface area contributed by atoms with Gasteiger partial charge in [-0.05, 0) is 13.8 Å². The Bertz CT molecular complexity index is 161. The SMILES string of the molecule is CO[C@@]1(C)CC(O)OC(C)[C@H]1O. The van der Waals surface area contributed by atoms with Crippen LogP contribution in [0.4, 0.5) is 0 Å². The van der Waals surface area contributed by atoms with E-state index in [9.17, 15) is 10.2 Å². The van der Waals surface area contributed by atoms with Crippen LogP contribution in [0.15, 0.2) is 0 Å². The molecule has 2 unspecified atom stereocenters. The fourth-order valence-electron chi connectivity index (χ4n) is 1.54. The van der Waals surface area contributed by atoms with Gasteiger partial charge in [0, 0.05) is 13.5 Å². The molecule has 4 atom stereocenters. The summed E-state index contributed by atoms with van der Waals surface area (Å²) in [5.74, 6) is 0. The zero-order valence-corrected chi connectivity index (χ0v) is 7.65.